The van der Waals surface area contributed by atoms with Gasteiger partial charge in [-0.3, -0.25) is 4.90 Å². The molecule has 1 aromatic carbocycles. The predicted molar refractivity (Wildman–Crippen MR) is 85.2 cm³/mol. The van der Waals surface area contributed by atoms with E-state index in [4.69, 9.17) is 4.74 Å². The summed E-state index contributed by atoms with van der Waals surface area (Å²) in [5.74, 6) is 0. The van der Waals surface area contributed by atoms with Gasteiger partial charge in [-0.1, -0.05) is 28.1 Å². The monoisotopic (exact) mass is 338 g/mol. The van der Waals surface area contributed by atoms with E-state index in [-0.39, 0.29) is 5.41 Å². The maximum absolute atomic E-state index is 5.57. The average molecular weight is 339 g/mol. The molecule has 0 saturated carbocycles. The number of rotatable bonds is 4. The summed E-state index contributed by atoms with van der Waals surface area (Å²) in [4.78, 5) is 2.61. The molecule has 0 aromatic heterocycles. The fourth-order valence-corrected chi connectivity index (χ4v) is 3.64. The van der Waals surface area contributed by atoms with Crippen molar-refractivity contribution >= 4 is 15.9 Å². The summed E-state index contributed by atoms with van der Waals surface area (Å²) in [7, 11) is 0. The molecule has 0 spiro atoms. The van der Waals surface area contributed by atoms with Crippen molar-refractivity contribution in [1.82, 2.24) is 10.2 Å². The highest BCUT2D eigenvalue weighted by Gasteiger charge is 2.42. The van der Waals surface area contributed by atoms with Crippen molar-refractivity contribution in [3.63, 3.8) is 0 Å². The molecular formula is C16H23BrN2O. The molecule has 1 atom stereocenters. The average Bonchev–Trinajstić information content (AvgIpc) is 2.45. The van der Waals surface area contributed by atoms with Crippen molar-refractivity contribution in [2.45, 2.75) is 24.8 Å². The van der Waals surface area contributed by atoms with Crippen LogP contribution in [0.1, 0.15) is 18.9 Å². The van der Waals surface area contributed by atoms with Crippen molar-refractivity contribution in [2.24, 2.45) is 0 Å². The minimum Gasteiger partial charge on any atom is -0.379 e. The Bertz CT molecular complexity index is 438. The zero-order valence-electron chi connectivity index (χ0n) is 12.1. The van der Waals surface area contributed by atoms with Crippen molar-refractivity contribution < 1.29 is 4.74 Å². The minimum atomic E-state index is 0.227. The second-order valence-electron chi connectivity index (χ2n) is 6.12. The van der Waals surface area contributed by atoms with Gasteiger partial charge < -0.3 is 10.1 Å². The van der Waals surface area contributed by atoms with E-state index in [1.54, 1.807) is 0 Å². The van der Waals surface area contributed by atoms with Gasteiger partial charge in [-0.15, -0.1) is 0 Å². The van der Waals surface area contributed by atoms with Gasteiger partial charge in [-0.25, -0.2) is 0 Å². The smallest absolute Gasteiger partial charge is 0.0586 e. The van der Waals surface area contributed by atoms with Gasteiger partial charge in [0, 0.05) is 42.1 Å². The second-order valence-corrected chi connectivity index (χ2v) is 7.03. The summed E-state index contributed by atoms with van der Waals surface area (Å²) < 4.78 is 6.71. The second kappa shape index (κ2) is 6.14. The quantitative estimate of drug-likeness (QED) is 0.912. The Morgan fingerprint density at radius 1 is 1.25 bits per heavy atom. The van der Waals surface area contributed by atoms with Crippen molar-refractivity contribution in [3.8, 4) is 0 Å². The topological polar surface area (TPSA) is 24.5 Å². The van der Waals surface area contributed by atoms with Crippen molar-refractivity contribution in [3.05, 3.63) is 34.3 Å². The highest BCUT2D eigenvalue weighted by Crippen LogP contribution is 2.38. The molecule has 1 N–H and O–H groups in total. The Hall–Kier alpha value is -0.420. The minimum absolute atomic E-state index is 0.227. The summed E-state index contributed by atoms with van der Waals surface area (Å²) in [5, 5.41) is 3.43. The summed E-state index contributed by atoms with van der Waals surface area (Å²) >= 11 is 3.52. The third-order valence-corrected chi connectivity index (χ3v) is 5.20. The summed E-state index contributed by atoms with van der Waals surface area (Å²) in [6.45, 7) is 8.66. The van der Waals surface area contributed by atoms with Crippen molar-refractivity contribution in [1.29, 1.82) is 0 Å². The molecule has 0 aliphatic carbocycles. The maximum atomic E-state index is 5.57. The molecule has 0 bridgehead atoms. The van der Waals surface area contributed by atoms with Crippen LogP contribution in [0.5, 0.6) is 0 Å². The molecule has 2 saturated heterocycles. The van der Waals surface area contributed by atoms with Crippen LogP contribution in [0, 0.1) is 0 Å². The molecule has 4 heteroatoms. The standard InChI is InChI=1S/C16H23BrN2O/c1-13(19-8-6-18-7-9-19)10-16(11-20-12-16)14-2-4-15(17)5-3-14/h2-5,13,18H,6-12H2,1H3. The molecule has 2 aliphatic rings. The number of ether oxygens (including phenoxy) is 1. The summed E-state index contributed by atoms with van der Waals surface area (Å²) in [6.07, 6.45) is 1.19. The highest BCUT2D eigenvalue weighted by molar-refractivity contribution is 9.10. The first-order chi connectivity index (χ1) is 9.70. The van der Waals surface area contributed by atoms with Gasteiger partial charge in [-0.2, -0.15) is 0 Å². The van der Waals surface area contributed by atoms with Gasteiger partial charge in [0.2, 0.25) is 0 Å². The number of piperazine rings is 1. The number of nitrogens with zero attached hydrogens (tertiary/aromatic N) is 1. The molecule has 3 nitrogen and oxygen atoms in total. The lowest BCUT2D eigenvalue weighted by atomic mass is 9.74. The lowest BCUT2D eigenvalue weighted by Gasteiger charge is -2.46. The van der Waals surface area contributed by atoms with E-state index in [0.717, 1.165) is 30.8 Å². The highest BCUT2D eigenvalue weighted by atomic mass is 79.9. The summed E-state index contributed by atoms with van der Waals surface area (Å²) in [5.41, 5.74) is 1.65. The first-order valence-corrected chi connectivity index (χ1v) is 8.27. The fourth-order valence-electron chi connectivity index (χ4n) is 3.37. The largest absolute Gasteiger partial charge is 0.379 e. The van der Waals surface area contributed by atoms with Gasteiger partial charge in [0.15, 0.2) is 0 Å². The molecule has 1 aromatic rings. The number of hydrogen-bond acceptors (Lipinski definition) is 3. The van der Waals surface area contributed by atoms with E-state index in [1.165, 1.54) is 25.1 Å². The number of hydrogen-bond donors (Lipinski definition) is 1. The van der Waals surface area contributed by atoms with Crippen LogP contribution in [-0.4, -0.2) is 50.3 Å². The first-order valence-electron chi connectivity index (χ1n) is 7.48. The Morgan fingerprint density at radius 3 is 2.45 bits per heavy atom. The van der Waals surface area contributed by atoms with E-state index in [0.29, 0.717) is 6.04 Å². The Morgan fingerprint density at radius 2 is 1.90 bits per heavy atom. The van der Waals surface area contributed by atoms with Crippen LogP contribution in [0.3, 0.4) is 0 Å². The lowest BCUT2D eigenvalue weighted by Crippen LogP contribution is -2.54. The molecule has 1 unspecified atom stereocenters. The van der Waals surface area contributed by atoms with Crippen molar-refractivity contribution in [2.75, 3.05) is 39.4 Å². The summed E-state index contributed by atoms with van der Waals surface area (Å²) in [6, 6.07) is 9.40. The fraction of sp³-hybridized carbons (Fsp3) is 0.625. The molecule has 2 fully saturated rings. The molecule has 3 rings (SSSR count). The van der Waals surface area contributed by atoms with Gasteiger partial charge in [-0.05, 0) is 31.0 Å². The van der Waals surface area contributed by atoms with Crippen LogP contribution in [0.15, 0.2) is 28.7 Å². The van der Waals surface area contributed by atoms with E-state index in [9.17, 15) is 0 Å². The van der Waals surface area contributed by atoms with E-state index >= 15 is 0 Å². The molecule has 2 heterocycles. The molecule has 110 valence electrons. The molecule has 2 aliphatic heterocycles. The molecule has 20 heavy (non-hydrogen) atoms. The number of benzene rings is 1. The van der Waals surface area contributed by atoms with Crippen LogP contribution in [0.25, 0.3) is 0 Å². The van der Waals surface area contributed by atoms with E-state index in [1.807, 2.05) is 0 Å². The Labute approximate surface area is 129 Å². The maximum Gasteiger partial charge on any atom is 0.0586 e. The molecule has 0 radical (unpaired) electrons. The third kappa shape index (κ3) is 2.93. The van der Waals surface area contributed by atoms with Crippen LogP contribution in [-0.2, 0) is 10.2 Å². The lowest BCUT2D eigenvalue weighted by molar-refractivity contribution is -0.0746. The zero-order valence-corrected chi connectivity index (χ0v) is 13.7. The van der Waals surface area contributed by atoms with Crippen LogP contribution >= 0.6 is 15.9 Å². The van der Waals surface area contributed by atoms with E-state index in [2.05, 4.69) is 57.3 Å². The van der Waals surface area contributed by atoms with Crippen LogP contribution in [0.2, 0.25) is 0 Å². The van der Waals surface area contributed by atoms with Gasteiger partial charge in [0.1, 0.15) is 0 Å². The van der Waals surface area contributed by atoms with Gasteiger partial charge >= 0.3 is 0 Å². The van der Waals surface area contributed by atoms with Crippen LogP contribution < -0.4 is 5.32 Å². The molecule has 0 amide bonds. The van der Waals surface area contributed by atoms with E-state index < -0.39 is 0 Å². The normalized spacial score (nSPS) is 24.1. The first kappa shape index (κ1) is 14.5. The van der Waals surface area contributed by atoms with Gasteiger partial charge in [0.25, 0.3) is 0 Å². The number of nitrogens with one attached hydrogen (secondary N) is 1. The Kier molecular flexibility index (Phi) is 4.46. The number of halogens is 1. The Balaban J connectivity index is 1.70. The third-order valence-electron chi connectivity index (χ3n) is 4.67. The van der Waals surface area contributed by atoms with Gasteiger partial charge in [0.05, 0.1) is 13.2 Å². The zero-order chi connectivity index (χ0) is 14.0. The predicted octanol–water partition coefficient (Wildman–Crippen LogP) is 2.40. The molecular weight excluding hydrogens is 316 g/mol. The van der Waals surface area contributed by atoms with Crippen LogP contribution in [0.4, 0.5) is 0 Å². The SMILES string of the molecule is CC(CC1(c2ccc(Br)cc2)COC1)N1CCNCC1.